The number of ether oxygens (including phenoxy) is 1. The Labute approximate surface area is 155 Å². The molecule has 2 heterocycles. The van der Waals surface area contributed by atoms with Gasteiger partial charge in [-0.05, 0) is 30.5 Å². The number of nitrogens with zero attached hydrogens (tertiary/aromatic N) is 2. The molecule has 0 radical (unpaired) electrons. The molecule has 4 rings (SSSR count). The van der Waals surface area contributed by atoms with Gasteiger partial charge >= 0.3 is 0 Å². The fourth-order valence-electron chi connectivity index (χ4n) is 3.52. The quantitative estimate of drug-likeness (QED) is 0.690. The van der Waals surface area contributed by atoms with Gasteiger partial charge in [-0.2, -0.15) is 10.5 Å². The van der Waals surface area contributed by atoms with E-state index in [4.69, 9.17) is 4.74 Å². The number of anilines is 1. The topological polar surface area (TPSA) is 68.8 Å². The molecule has 5 heteroatoms. The van der Waals surface area contributed by atoms with Crippen LogP contribution in [0.5, 0.6) is 5.75 Å². The van der Waals surface area contributed by atoms with Crippen LogP contribution in [0.25, 0.3) is 10.1 Å². The highest BCUT2D eigenvalue weighted by molar-refractivity contribution is 7.23. The number of benzene rings is 2. The summed E-state index contributed by atoms with van der Waals surface area (Å²) < 4.78 is 6.75. The van der Waals surface area contributed by atoms with Crippen LogP contribution in [0, 0.1) is 22.7 Å². The van der Waals surface area contributed by atoms with Gasteiger partial charge in [-0.1, -0.05) is 24.3 Å². The average molecular weight is 357 g/mol. The van der Waals surface area contributed by atoms with Crippen LogP contribution in [0.4, 0.5) is 5.00 Å². The van der Waals surface area contributed by atoms with Gasteiger partial charge in [0.2, 0.25) is 0 Å². The van der Waals surface area contributed by atoms with E-state index < -0.39 is 0 Å². The Morgan fingerprint density at radius 1 is 1.12 bits per heavy atom. The monoisotopic (exact) mass is 357 g/mol. The zero-order chi connectivity index (χ0) is 18.3. The molecule has 0 aliphatic carbocycles. The summed E-state index contributed by atoms with van der Waals surface area (Å²) in [6.07, 6.45) is 0. The molecular formula is C21H15N3OS. The molecule has 0 spiro atoms. The van der Waals surface area contributed by atoms with Gasteiger partial charge < -0.3 is 10.1 Å². The fraction of sp³-hybridized carbons (Fsp3) is 0.143. The molecule has 1 aliphatic rings. The standard InChI is InChI=1S/C21H15N3OS/c1-12-16(11-23)19(14-8-7-13(10-22)9-17(14)25-2)20-15-5-3-4-6-18(15)26-21(20)24-12/h3-9,19,24H,1-2H3. The summed E-state index contributed by atoms with van der Waals surface area (Å²) >= 11 is 1.69. The summed E-state index contributed by atoms with van der Waals surface area (Å²) in [6, 6.07) is 18.1. The van der Waals surface area contributed by atoms with E-state index in [1.165, 1.54) is 4.70 Å². The van der Waals surface area contributed by atoms with Crippen molar-refractivity contribution in [2.45, 2.75) is 12.8 Å². The van der Waals surface area contributed by atoms with Gasteiger partial charge in [0.15, 0.2) is 0 Å². The first kappa shape index (κ1) is 16.2. The zero-order valence-electron chi connectivity index (χ0n) is 14.3. The van der Waals surface area contributed by atoms with E-state index >= 15 is 0 Å². The lowest BCUT2D eigenvalue weighted by molar-refractivity contribution is 0.409. The van der Waals surface area contributed by atoms with Gasteiger partial charge in [0, 0.05) is 21.5 Å². The minimum atomic E-state index is -0.227. The van der Waals surface area contributed by atoms with Crippen molar-refractivity contribution in [1.29, 1.82) is 10.5 Å². The predicted octanol–water partition coefficient (Wildman–Crippen LogP) is 5.14. The van der Waals surface area contributed by atoms with Crippen LogP contribution in [0.2, 0.25) is 0 Å². The second kappa shape index (κ2) is 6.22. The smallest absolute Gasteiger partial charge is 0.124 e. The van der Waals surface area contributed by atoms with Crippen molar-refractivity contribution >= 4 is 26.4 Å². The van der Waals surface area contributed by atoms with Gasteiger partial charge in [-0.25, -0.2) is 0 Å². The third-order valence-corrected chi connectivity index (χ3v) is 5.81. The Hall–Kier alpha value is -3.28. The van der Waals surface area contributed by atoms with Crippen molar-refractivity contribution < 1.29 is 4.74 Å². The van der Waals surface area contributed by atoms with E-state index in [-0.39, 0.29) is 5.92 Å². The molecule has 0 fully saturated rings. The van der Waals surface area contributed by atoms with Crippen LogP contribution in [-0.4, -0.2) is 7.11 Å². The summed E-state index contributed by atoms with van der Waals surface area (Å²) in [5, 5.41) is 24.6. The van der Waals surface area contributed by atoms with Gasteiger partial charge in [-0.15, -0.1) is 11.3 Å². The Balaban J connectivity index is 2.04. The summed E-state index contributed by atoms with van der Waals surface area (Å²) in [4.78, 5) is 0. The Morgan fingerprint density at radius 2 is 1.92 bits per heavy atom. The molecule has 126 valence electrons. The van der Waals surface area contributed by atoms with Gasteiger partial charge in [0.05, 0.1) is 41.3 Å². The highest BCUT2D eigenvalue weighted by Crippen LogP contribution is 2.50. The molecule has 1 aromatic heterocycles. The first-order valence-electron chi connectivity index (χ1n) is 8.15. The second-order valence-corrected chi connectivity index (χ2v) is 7.17. The van der Waals surface area contributed by atoms with Crippen molar-refractivity contribution in [2.24, 2.45) is 0 Å². The maximum atomic E-state index is 9.86. The van der Waals surface area contributed by atoms with Crippen LogP contribution in [0.1, 0.15) is 29.5 Å². The van der Waals surface area contributed by atoms with Crippen molar-refractivity contribution in [2.75, 3.05) is 12.4 Å². The van der Waals surface area contributed by atoms with Crippen molar-refractivity contribution in [3.05, 3.63) is 70.4 Å². The number of thiophene rings is 1. The maximum Gasteiger partial charge on any atom is 0.124 e. The van der Waals surface area contributed by atoms with Crippen LogP contribution in [0.15, 0.2) is 53.7 Å². The number of hydrogen-bond acceptors (Lipinski definition) is 5. The molecule has 1 N–H and O–H groups in total. The first-order chi connectivity index (χ1) is 12.7. The van der Waals surface area contributed by atoms with Crippen LogP contribution in [-0.2, 0) is 0 Å². The number of fused-ring (bicyclic) bond motifs is 3. The zero-order valence-corrected chi connectivity index (χ0v) is 15.1. The normalized spacial score (nSPS) is 15.8. The number of hydrogen-bond donors (Lipinski definition) is 1. The molecule has 2 aromatic carbocycles. The molecule has 0 bridgehead atoms. The summed E-state index contributed by atoms with van der Waals surface area (Å²) in [5.41, 5.74) is 4.05. The molecule has 26 heavy (non-hydrogen) atoms. The SMILES string of the molecule is COc1cc(C#N)ccc1C1C(C#N)=C(C)Nc2sc3ccccc3c21. The predicted molar refractivity (Wildman–Crippen MR) is 103 cm³/mol. The molecule has 1 aliphatic heterocycles. The Kier molecular flexibility index (Phi) is 3.88. The van der Waals surface area contributed by atoms with Crippen LogP contribution >= 0.6 is 11.3 Å². The number of rotatable bonds is 2. The highest BCUT2D eigenvalue weighted by atomic mass is 32.1. The lowest BCUT2D eigenvalue weighted by atomic mass is 9.81. The number of allylic oxidation sites excluding steroid dienone is 2. The van der Waals surface area contributed by atoms with Crippen LogP contribution < -0.4 is 10.1 Å². The Bertz CT molecular complexity index is 1140. The van der Waals surface area contributed by atoms with Crippen molar-refractivity contribution in [3.63, 3.8) is 0 Å². The minimum absolute atomic E-state index is 0.227. The first-order valence-corrected chi connectivity index (χ1v) is 8.97. The van der Waals surface area contributed by atoms with E-state index in [1.807, 2.05) is 25.1 Å². The fourth-order valence-corrected chi connectivity index (χ4v) is 4.72. The van der Waals surface area contributed by atoms with E-state index in [1.54, 1.807) is 30.6 Å². The van der Waals surface area contributed by atoms with Gasteiger partial charge in [0.1, 0.15) is 5.75 Å². The average Bonchev–Trinajstić information content (AvgIpc) is 3.04. The largest absolute Gasteiger partial charge is 0.496 e. The molecule has 4 nitrogen and oxygen atoms in total. The summed E-state index contributed by atoms with van der Waals surface area (Å²) in [7, 11) is 1.59. The maximum absolute atomic E-state index is 9.86. The number of methoxy groups -OCH3 is 1. The molecule has 0 saturated heterocycles. The minimum Gasteiger partial charge on any atom is -0.496 e. The van der Waals surface area contributed by atoms with E-state index in [9.17, 15) is 10.5 Å². The highest BCUT2D eigenvalue weighted by Gasteiger charge is 2.33. The molecule has 0 amide bonds. The van der Waals surface area contributed by atoms with E-state index in [0.717, 1.165) is 27.2 Å². The lowest BCUT2D eigenvalue weighted by Crippen LogP contribution is -2.16. The number of nitrogens with one attached hydrogen (secondary N) is 1. The molecule has 1 unspecified atom stereocenters. The molecular weight excluding hydrogens is 342 g/mol. The van der Waals surface area contributed by atoms with Gasteiger partial charge in [-0.3, -0.25) is 0 Å². The van der Waals surface area contributed by atoms with E-state index in [2.05, 4.69) is 29.6 Å². The van der Waals surface area contributed by atoms with Crippen molar-refractivity contribution in [3.8, 4) is 17.9 Å². The van der Waals surface area contributed by atoms with Crippen LogP contribution in [0.3, 0.4) is 0 Å². The van der Waals surface area contributed by atoms with Crippen molar-refractivity contribution in [1.82, 2.24) is 0 Å². The lowest BCUT2D eigenvalue weighted by Gasteiger charge is -2.27. The molecule has 1 atom stereocenters. The second-order valence-electron chi connectivity index (χ2n) is 6.12. The molecule has 0 saturated carbocycles. The molecule has 3 aromatic rings. The third-order valence-electron chi connectivity index (χ3n) is 4.71. The van der Waals surface area contributed by atoms with E-state index in [0.29, 0.717) is 16.9 Å². The summed E-state index contributed by atoms with van der Waals surface area (Å²) in [6.45, 7) is 1.93. The summed E-state index contributed by atoms with van der Waals surface area (Å²) in [5.74, 6) is 0.396. The Morgan fingerprint density at radius 3 is 2.65 bits per heavy atom. The van der Waals surface area contributed by atoms with Gasteiger partial charge in [0.25, 0.3) is 0 Å². The third kappa shape index (κ3) is 2.34. The number of nitriles is 2.